The molecule has 1 fully saturated rings. The van der Waals surface area contributed by atoms with Crippen LogP contribution in [0.4, 0.5) is 4.39 Å². The molecule has 2 nitrogen and oxygen atoms in total. The first-order valence-electron chi connectivity index (χ1n) is 2.90. The molecule has 0 aromatic rings. The van der Waals surface area contributed by atoms with E-state index in [1.165, 1.54) is 0 Å². The number of hydrogen-bond donors (Lipinski definition) is 1. The molecule has 0 saturated heterocycles. The van der Waals surface area contributed by atoms with Crippen LogP contribution in [0.1, 0.15) is 13.3 Å². The molecule has 0 aromatic carbocycles. The van der Waals surface area contributed by atoms with Crippen LogP contribution >= 0.6 is 0 Å². The molecule has 0 radical (unpaired) electrons. The van der Waals surface area contributed by atoms with Gasteiger partial charge in [-0.05, 0) is 13.3 Å². The van der Waals surface area contributed by atoms with Gasteiger partial charge in [0, 0.05) is 5.92 Å². The summed E-state index contributed by atoms with van der Waals surface area (Å²) >= 11 is 0. The monoisotopic (exact) mass is 132 g/mol. The highest BCUT2D eigenvalue weighted by molar-refractivity contribution is 5.78. The lowest BCUT2D eigenvalue weighted by Crippen LogP contribution is -2.13. The van der Waals surface area contributed by atoms with Gasteiger partial charge in [0.05, 0.1) is 12.1 Å². The molecule has 0 unspecified atom stereocenters. The maximum Gasteiger partial charge on any atom is 0.309 e. The van der Waals surface area contributed by atoms with Crippen molar-refractivity contribution in [2.75, 3.05) is 6.67 Å². The molecule has 2 atom stereocenters. The summed E-state index contributed by atoms with van der Waals surface area (Å²) in [5.41, 5.74) is -0.741. The SMILES string of the molecule is C[C@]1(C(=O)O)C[C@@H]1CF. The predicted molar refractivity (Wildman–Crippen MR) is 29.8 cm³/mol. The first kappa shape index (κ1) is 6.52. The number of hydrogen-bond acceptors (Lipinski definition) is 1. The normalized spacial score (nSPS) is 40.4. The van der Waals surface area contributed by atoms with Crippen molar-refractivity contribution >= 4 is 5.97 Å². The van der Waals surface area contributed by atoms with Crippen LogP contribution in [-0.4, -0.2) is 17.8 Å². The van der Waals surface area contributed by atoms with E-state index in [0.717, 1.165) is 0 Å². The molecule has 1 saturated carbocycles. The summed E-state index contributed by atoms with van der Waals surface area (Å²) in [6.07, 6.45) is 0.499. The standard InChI is InChI=1S/C6H9FO2/c1-6(5(8)9)2-4(6)3-7/h4H,2-3H2,1H3,(H,8,9)/t4-,6+/m1/s1. The van der Waals surface area contributed by atoms with E-state index in [0.29, 0.717) is 6.42 Å². The van der Waals surface area contributed by atoms with Gasteiger partial charge in [-0.25, -0.2) is 0 Å². The minimum atomic E-state index is -0.870. The molecule has 1 aliphatic carbocycles. The first-order valence-corrected chi connectivity index (χ1v) is 2.90. The van der Waals surface area contributed by atoms with Crippen molar-refractivity contribution in [2.24, 2.45) is 11.3 Å². The zero-order valence-corrected chi connectivity index (χ0v) is 5.22. The van der Waals surface area contributed by atoms with Gasteiger partial charge in [0.25, 0.3) is 0 Å². The summed E-state index contributed by atoms with van der Waals surface area (Å²) in [7, 11) is 0. The molecule has 0 aliphatic heterocycles. The van der Waals surface area contributed by atoms with Crippen molar-refractivity contribution < 1.29 is 14.3 Å². The van der Waals surface area contributed by atoms with Crippen molar-refractivity contribution in [3.63, 3.8) is 0 Å². The Morgan fingerprint density at radius 2 is 2.56 bits per heavy atom. The van der Waals surface area contributed by atoms with Crippen LogP contribution in [0.15, 0.2) is 0 Å². The molecule has 0 heterocycles. The smallest absolute Gasteiger partial charge is 0.309 e. The van der Waals surface area contributed by atoms with Crippen LogP contribution in [0, 0.1) is 11.3 Å². The molecular formula is C6H9FO2. The lowest BCUT2D eigenvalue weighted by atomic mass is 10.1. The van der Waals surface area contributed by atoms with E-state index in [9.17, 15) is 9.18 Å². The summed E-state index contributed by atoms with van der Waals surface area (Å²) in [4.78, 5) is 10.3. The van der Waals surface area contributed by atoms with Crippen LogP contribution in [0.3, 0.4) is 0 Å². The Hall–Kier alpha value is -0.600. The van der Waals surface area contributed by atoms with Gasteiger partial charge in [-0.15, -0.1) is 0 Å². The van der Waals surface area contributed by atoms with Gasteiger partial charge in [0.2, 0.25) is 0 Å². The molecule has 1 aliphatic rings. The fourth-order valence-corrected chi connectivity index (χ4v) is 0.940. The third kappa shape index (κ3) is 0.802. The van der Waals surface area contributed by atoms with Gasteiger partial charge in [0.1, 0.15) is 0 Å². The Bertz CT molecular complexity index is 146. The molecule has 0 spiro atoms. The predicted octanol–water partition coefficient (Wildman–Crippen LogP) is 1.07. The average Bonchev–Trinajstić information content (AvgIpc) is 2.44. The van der Waals surface area contributed by atoms with E-state index >= 15 is 0 Å². The second-order valence-corrected chi connectivity index (χ2v) is 2.78. The molecular weight excluding hydrogens is 123 g/mol. The first-order chi connectivity index (χ1) is 4.11. The number of rotatable bonds is 2. The van der Waals surface area contributed by atoms with E-state index in [1.54, 1.807) is 6.92 Å². The maximum absolute atomic E-state index is 11.8. The van der Waals surface area contributed by atoms with Crippen molar-refractivity contribution in [1.29, 1.82) is 0 Å². The zero-order valence-electron chi connectivity index (χ0n) is 5.22. The maximum atomic E-state index is 11.8. The Balaban J connectivity index is 2.52. The van der Waals surface area contributed by atoms with E-state index in [1.807, 2.05) is 0 Å². The fraction of sp³-hybridized carbons (Fsp3) is 0.833. The largest absolute Gasteiger partial charge is 0.481 e. The number of carbonyl (C=O) groups is 1. The quantitative estimate of drug-likeness (QED) is 0.610. The molecule has 0 aromatic heterocycles. The van der Waals surface area contributed by atoms with Gasteiger partial charge in [-0.3, -0.25) is 9.18 Å². The van der Waals surface area contributed by atoms with Crippen LogP contribution in [-0.2, 0) is 4.79 Å². The Kier molecular flexibility index (Phi) is 1.22. The molecule has 1 rings (SSSR count). The highest BCUT2D eigenvalue weighted by atomic mass is 19.1. The summed E-state index contributed by atoms with van der Waals surface area (Å²) in [5.74, 6) is -1.10. The molecule has 9 heavy (non-hydrogen) atoms. The average molecular weight is 132 g/mol. The second-order valence-electron chi connectivity index (χ2n) is 2.78. The van der Waals surface area contributed by atoms with Gasteiger partial charge < -0.3 is 5.11 Å². The summed E-state index contributed by atoms with van der Waals surface area (Å²) in [5, 5.41) is 8.45. The van der Waals surface area contributed by atoms with Gasteiger partial charge in [-0.2, -0.15) is 0 Å². The van der Waals surface area contributed by atoms with E-state index in [-0.39, 0.29) is 5.92 Å². The number of halogens is 1. The van der Waals surface area contributed by atoms with Gasteiger partial charge in [-0.1, -0.05) is 0 Å². The molecule has 1 N–H and O–H groups in total. The van der Waals surface area contributed by atoms with Crippen LogP contribution in [0.2, 0.25) is 0 Å². The molecule has 3 heteroatoms. The summed E-state index contributed by atoms with van der Waals surface area (Å²) in [6.45, 7) is 1.09. The minimum Gasteiger partial charge on any atom is -0.481 e. The number of carboxylic acids is 1. The third-order valence-electron chi connectivity index (χ3n) is 2.09. The number of aliphatic carboxylic acids is 1. The number of carboxylic acid groups (broad SMARTS) is 1. The molecule has 0 bridgehead atoms. The zero-order chi connectivity index (χ0) is 7.07. The summed E-state index contributed by atoms with van der Waals surface area (Å²) < 4.78 is 11.8. The summed E-state index contributed by atoms with van der Waals surface area (Å²) in [6, 6.07) is 0. The highest BCUT2D eigenvalue weighted by Gasteiger charge is 2.56. The minimum absolute atomic E-state index is 0.227. The van der Waals surface area contributed by atoms with Crippen molar-refractivity contribution in [3.8, 4) is 0 Å². The van der Waals surface area contributed by atoms with Crippen molar-refractivity contribution in [3.05, 3.63) is 0 Å². The molecule has 0 amide bonds. The second kappa shape index (κ2) is 1.69. The van der Waals surface area contributed by atoms with Crippen molar-refractivity contribution in [2.45, 2.75) is 13.3 Å². The van der Waals surface area contributed by atoms with E-state index in [2.05, 4.69) is 0 Å². The third-order valence-corrected chi connectivity index (χ3v) is 2.09. The van der Waals surface area contributed by atoms with Crippen LogP contribution in [0.25, 0.3) is 0 Å². The lowest BCUT2D eigenvalue weighted by molar-refractivity contribution is -0.143. The van der Waals surface area contributed by atoms with E-state index in [4.69, 9.17) is 5.11 Å². The lowest BCUT2D eigenvalue weighted by Gasteiger charge is -1.99. The number of alkyl halides is 1. The molecule has 52 valence electrons. The topological polar surface area (TPSA) is 37.3 Å². The fourth-order valence-electron chi connectivity index (χ4n) is 0.940. The van der Waals surface area contributed by atoms with Crippen LogP contribution in [0.5, 0.6) is 0 Å². The van der Waals surface area contributed by atoms with Gasteiger partial charge >= 0.3 is 5.97 Å². The van der Waals surface area contributed by atoms with Crippen molar-refractivity contribution in [1.82, 2.24) is 0 Å². The Morgan fingerprint density at radius 3 is 2.67 bits per heavy atom. The van der Waals surface area contributed by atoms with Crippen LogP contribution < -0.4 is 0 Å². The Morgan fingerprint density at radius 1 is 2.00 bits per heavy atom. The Labute approximate surface area is 52.7 Å². The highest BCUT2D eigenvalue weighted by Crippen LogP contribution is 2.52. The van der Waals surface area contributed by atoms with E-state index < -0.39 is 18.1 Å². The van der Waals surface area contributed by atoms with Gasteiger partial charge in [0.15, 0.2) is 0 Å².